The average Bonchev–Trinajstić information content (AvgIpc) is 3.56. The van der Waals surface area contributed by atoms with Crippen molar-refractivity contribution < 1.29 is 14.6 Å². The number of methoxy groups -OCH3 is 1. The number of aromatic nitrogens is 1. The van der Waals surface area contributed by atoms with Crippen molar-refractivity contribution >= 4 is 23.1 Å². The number of allylic oxidation sites excluding steroid dienone is 1. The molecule has 1 heterocycles. The Labute approximate surface area is 184 Å². The van der Waals surface area contributed by atoms with Gasteiger partial charge in [-0.25, -0.2) is 0 Å². The molecule has 1 amide bonds. The summed E-state index contributed by atoms with van der Waals surface area (Å²) in [6.07, 6.45) is 8.06. The van der Waals surface area contributed by atoms with Gasteiger partial charge in [-0.15, -0.1) is 0 Å². The number of aliphatic hydroxyl groups is 1. The van der Waals surface area contributed by atoms with Crippen LogP contribution in [0.15, 0.2) is 12.1 Å². The molecule has 1 fully saturated rings. The number of nitrogens with two attached hydrogens (primary N) is 1. The first-order valence-corrected chi connectivity index (χ1v) is 11.4. The van der Waals surface area contributed by atoms with Crippen LogP contribution in [0.4, 0.5) is 0 Å². The van der Waals surface area contributed by atoms with Crippen LogP contribution in [0.25, 0.3) is 5.57 Å². The van der Waals surface area contributed by atoms with Crippen LogP contribution in [0.5, 0.6) is 0 Å². The third kappa shape index (κ3) is 5.61. The van der Waals surface area contributed by atoms with Crippen LogP contribution in [0.3, 0.4) is 0 Å². The lowest BCUT2D eigenvalue weighted by Crippen LogP contribution is -2.44. The van der Waals surface area contributed by atoms with Crippen LogP contribution in [0.2, 0.25) is 5.02 Å². The fourth-order valence-electron chi connectivity index (χ4n) is 4.28. The van der Waals surface area contributed by atoms with Crippen molar-refractivity contribution in [3.05, 3.63) is 34.1 Å². The molecule has 3 N–H and O–H groups in total. The minimum Gasteiger partial charge on any atom is -0.385 e. The lowest BCUT2D eigenvalue weighted by Gasteiger charge is -2.27. The number of aryl methyl sites for hydroxylation is 1. The molecule has 7 heteroatoms. The van der Waals surface area contributed by atoms with Gasteiger partial charge in [0.2, 0.25) is 0 Å². The zero-order valence-electron chi connectivity index (χ0n) is 18.1. The number of ether oxygens (including phenoxy) is 1. The van der Waals surface area contributed by atoms with Crippen molar-refractivity contribution in [3.8, 4) is 0 Å². The number of unbranched alkanes of at least 4 members (excludes halogenated alkanes) is 1. The van der Waals surface area contributed by atoms with Gasteiger partial charge in [0, 0.05) is 50.0 Å². The summed E-state index contributed by atoms with van der Waals surface area (Å²) in [5, 5.41) is 10.7. The van der Waals surface area contributed by atoms with Crippen molar-refractivity contribution in [2.45, 2.75) is 69.9 Å². The van der Waals surface area contributed by atoms with E-state index in [2.05, 4.69) is 6.08 Å². The summed E-state index contributed by atoms with van der Waals surface area (Å²) in [7, 11) is 1.73. The first-order chi connectivity index (χ1) is 14.5. The number of pyridine rings is 1. The molecule has 0 spiro atoms. The number of nitrogens with zero attached hydrogens (tertiary/aromatic N) is 2. The lowest BCUT2D eigenvalue weighted by molar-refractivity contribution is -0.139. The highest BCUT2D eigenvalue weighted by Crippen LogP contribution is 2.40. The molecule has 1 aromatic heterocycles. The van der Waals surface area contributed by atoms with Crippen molar-refractivity contribution in [1.29, 1.82) is 0 Å². The van der Waals surface area contributed by atoms with Gasteiger partial charge in [-0.05, 0) is 57.1 Å². The highest BCUT2D eigenvalue weighted by Gasteiger charge is 2.36. The zero-order chi connectivity index (χ0) is 21.7. The fourth-order valence-corrected chi connectivity index (χ4v) is 4.65. The molecule has 6 nitrogen and oxygen atoms in total. The van der Waals surface area contributed by atoms with Crippen LogP contribution < -0.4 is 5.73 Å². The van der Waals surface area contributed by atoms with Crippen molar-refractivity contribution in [2.75, 3.05) is 26.8 Å². The van der Waals surface area contributed by atoms with Gasteiger partial charge in [0.15, 0.2) is 0 Å². The van der Waals surface area contributed by atoms with E-state index in [0.29, 0.717) is 17.5 Å². The van der Waals surface area contributed by atoms with E-state index in [1.54, 1.807) is 12.0 Å². The lowest BCUT2D eigenvalue weighted by atomic mass is 9.90. The number of carbonyl (C=O) groups excluding carboxylic acids is 1. The smallest absolute Gasteiger partial charge is 0.253 e. The van der Waals surface area contributed by atoms with Gasteiger partial charge < -0.3 is 20.5 Å². The molecule has 0 bridgehead atoms. The summed E-state index contributed by atoms with van der Waals surface area (Å²) in [6.45, 7) is 3.12. The van der Waals surface area contributed by atoms with Crippen LogP contribution in [0, 0.1) is 6.92 Å². The molecule has 0 aromatic carbocycles. The summed E-state index contributed by atoms with van der Waals surface area (Å²) >= 11 is 6.74. The minimum absolute atomic E-state index is 0.0667. The van der Waals surface area contributed by atoms with Crippen LogP contribution in [0.1, 0.15) is 67.8 Å². The SMILES string of the molecule is COCCCCC1CCC=C(CN(C(=O)[C@H](O)CN)C2CC2)c2c(Cl)cc(C)nc21. The maximum absolute atomic E-state index is 12.7. The molecule has 0 saturated heterocycles. The minimum atomic E-state index is -1.16. The Hall–Kier alpha value is -1.47. The summed E-state index contributed by atoms with van der Waals surface area (Å²) in [6, 6.07) is 2.08. The van der Waals surface area contributed by atoms with E-state index >= 15 is 0 Å². The molecule has 0 aliphatic heterocycles. The molecule has 166 valence electrons. The Morgan fingerprint density at radius 1 is 1.40 bits per heavy atom. The van der Waals surface area contributed by atoms with E-state index in [1.807, 2.05) is 13.0 Å². The zero-order valence-corrected chi connectivity index (χ0v) is 18.8. The topological polar surface area (TPSA) is 88.7 Å². The third-order valence-electron chi connectivity index (χ3n) is 6.01. The van der Waals surface area contributed by atoms with Gasteiger partial charge in [0.05, 0.1) is 10.7 Å². The van der Waals surface area contributed by atoms with Crippen molar-refractivity contribution in [1.82, 2.24) is 9.88 Å². The number of amides is 1. The van der Waals surface area contributed by atoms with Gasteiger partial charge in [-0.3, -0.25) is 9.78 Å². The maximum Gasteiger partial charge on any atom is 0.253 e. The Morgan fingerprint density at radius 3 is 2.83 bits per heavy atom. The van der Waals surface area contributed by atoms with Gasteiger partial charge in [-0.2, -0.15) is 0 Å². The van der Waals surface area contributed by atoms with Crippen LogP contribution in [-0.2, 0) is 9.53 Å². The Kier molecular flexibility index (Phi) is 8.28. The van der Waals surface area contributed by atoms with E-state index in [9.17, 15) is 9.90 Å². The quantitative estimate of drug-likeness (QED) is 0.549. The molecule has 2 atom stereocenters. The highest BCUT2D eigenvalue weighted by molar-refractivity contribution is 6.32. The van der Waals surface area contributed by atoms with E-state index in [0.717, 1.165) is 74.1 Å². The number of fused-ring (bicyclic) bond motifs is 1. The van der Waals surface area contributed by atoms with E-state index in [-0.39, 0.29) is 18.5 Å². The van der Waals surface area contributed by atoms with Crippen molar-refractivity contribution in [3.63, 3.8) is 0 Å². The first kappa shape index (κ1) is 23.2. The predicted octanol–water partition coefficient (Wildman–Crippen LogP) is 3.43. The number of halogens is 1. The van der Waals surface area contributed by atoms with Crippen LogP contribution in [-0.4, -0.2) is 59.8 Å². The molecule has 1 unspecified atom stereocenters. The maximum atomic E-state index is 12.7. The largest absolute Gasteiger partial charge is 0.385 e. The fraction of sp³-hybridized carbons (Fsp3) is 0.652. The molecular formula is C23H34ClN3O3. The Balaban J connectivity index is 1.87. The summed E-state index contributed by atoms with van der Waals surface area (Å²) in [5.74, 6) is 0.0433. The Morgan fingerprint density at radius 2 is 2.17 bits per heavy atom. The van der Waals surface area contributed by atoms with E-state index in [4.69, 9.17) is 27.1 Å². The molecule has 3 rings (SSSR count). The number of aliphatic hydroxyl groups excluding tert-OH is 1. The van der Waals surface area contributed by atoms with Crippen molar-refractivity contribution in [2.24, 2.45) is 5.73 Å². The van der Waals surface area contributed by atoms with E-state index < -0.39 is 6.10 Å². The number of hydrogen-bond acceptors (Lipinski definition) is 5. The molecule has 30 heavy (non-hydrogen) atoms. The second-order valence-electron chi connectivity index (χ2n) is 8.45. The highest BCUT2D eigenvalue weighted by atomic mass is 35.5. The standard InChI is InChI=1S/C23H34ClN3O3/c1-15-12-19(24)21-17(14-27(18-9-10-18)23(29)20(28)13-25)8-5-7-16(22(21)26-15)6-3-4-11-30-2/h8,12,16,18,20,28H,3-7,9-11,13-14,25H2,1-2H3/t16?,20-/m1/s1. The summed E-state index contributed by atoms with van der Waals surface area (Å²) in [5.41, 5.74) is 9.50. The number of rotatable bonds is 10. The normalized spacial score (nSPS) is 19.6. The first-order valence-electron chi connectivity index (χ1n) is 11.0. The molecule has 2 aliphatic carbocycles. The summed E-state index contributed by atoms with van der Waals surface area (Å²) < 4.78 is 5.19. The number of carbonyl (C=O) groups is 1. The average molecular weight is 436 g/mol. The predicted molar refractivity (Wildman–Crippen MR) is 119 cm³/mol. The van der Waals surface area contributed by atoms with E-state index in [1.165, 1.54) is 0 Å². The van der Waals surface area contributed by atoms with Crippen LogP contribution >= 0.6 is 11.6 Å². The molecule has 1 aromatic rings. The molecule has 1 saturated carbocycles. The molecular weight excluding hydrogens is 402 g/mol. The molecule has 0 radical (unpaired) electrons. The second-order valence-corrected chi connectivity index (χ2v) is 8.85. The number of hydrogen-bond donors (Lipinski definition) is 2. The summed E-state index contributed by atoms with van der Waals surface area (Å²) in [4.78, 5) is 19.4. The third-order valence-corrected chi connectivity index (χ3v) is 6.31. The van der Waals surface area contributed by atoms with Gasteiger partial charge in [0.1, 0.15) is 6.10 Å². The van der Waals surface area contributed by atoms with Gasteiger partial charge in [-0.1, -0.05) is 24.1 Å². The second kappa shape index (κ2) is 10.7. The Bertz CT molecular complexity index is 779. The van der Waals surface area contributed by atoms with Gasteiger partial charge in [0.25, 0.3) is 5.91 Å². The van der Waals surface area contributed by atoms with Gasteiger partial charge >= 0.3 is 0 Å². The monoisotopic (exact) mass is 435 g/mol. The molecule has 2 aliphatic rings.